The minimum Gasteiger partial charge on any atom is -0.388 e. The van der Waals surface area contributed by atoms with Gasteiger partial charge in [-0.2, -0.15) is 0 Å². The summed E-state index contributed by atoms with van der Waals surface area (Å²) in [5.74, 6) is 0.894. The van der Waals surface area contributed by atoms with Crippen LogP contribution >= 0.6 is 0 Å². The fourth-order valence-electron chi connectivity index (χ4n) is 1.43. The predicted octanol–water partition coefficient (Wildman–Crippen LogP) is 2.32. The Morgan fingerprint density at radius 1 is 1.00 bits per heavy atom. The summed E-state index contributed by atoms with van der Waals surface area (Å²) in [4.78, 5) is 4.25. The van der Waals surface area contributed by atoms with Crippen molar-refractivity contribution in [1.29, 1.82) is 0 Å². The molecule has 0 radical (unpaired) electrons. The Hall–Kier alpha value is -1.77. The molecule has 0 saturated heterocycles. The second-order valence-electron chi connectivity index (χ2n) is 3.13. The van der Waals surface area contributed by atoms with Gasteiger partial charge in [-0.3, -0.25) is 0 Å². The van der Waals surface area contributed by atoms with Gasteiger partial charge in [0.15, 0.2) is 0 Å². The number of nitrogens with zero attached hydrogens (tertiary/aromatic N) is 1. The summed E-state index contributed by atoms with van der Waals surface area (Å²) in [6.07, 6.45) is 1.88. The van der Waals surface area contributed by atoms with Crippen LogP contribution < -0.4 is 10.6 Å². The average Bonchev–Trinajstić information content (AvgIpc) is 2.27. The highest BCUT2D eigenvalue weighted by molar-refractivity contribution is 5.86. The lowest BCUT2D eigenvalue weighted by Gasteiger charge is -2.04. The molecule has 0 amide bonds. The summed E-state index contributed by atoms with van der Waals surface area (Å²) < 4.78 is 0. The summed E-state index contributed by atoms with van der Waals surface area (Å²) in [6, 6.07) is 8.25. The van der Waals surface area contributed by atoms with Crippen molar-refractivity contribution in [2.24, 2.45) is 0 Å². The Morgan fingerprint density at radius 3 is 2.57 bits per heavy atom. The summed E-state index contributed by atoms with van der Waals surface area (Å²) in [7, 11) is 3.79. The van der Waals surface area contributed by atoms with Gasteiger partial charge in [-0.05, 0) is 23.6 Å². The van der Waals surface area contributed by atoms with Crippen molar-refractivity contribution >= 4 is 22.3 Å². The van der Waals surface area contributed by atoms with Gasteiger partial charge in [0.1, 0.15) is 5.82 Å². The number of nitrogens with one attached hydrogen (secondary N) is 2. The van der Waals surface area contributed by atoms with E-state index in [-0.39, 0.29) is 0 Å². The van der Waals surface area contributed by atoms with Crippen LogP contribution in [0.25, 0.3) is 10.8 Å². The van der Waals surface area contributed by atoms with Crippen LogP contribution in [0.1, 0.15) is 0 Å². The van der Waals surface area contributed by atoms with Crippen molar-refractivity contribution in [1.82, 2.24) is 4.98 Å². The van der Waals surface area contributed by atoms with Crippen LogP contribution in [-0.2, 0) is 0 Å². The monoisotopic (exact) mass is 187 g/mol. The quantitative estimate of drug-likeness (QED) is 0.757. The first-order valence-electron chi connectivity index (χ1n) is 4.59. The fraction of sp³-hybridized carbons (Fsp3) is 0.182. The number of anilines is 2. The van der Waals surface area contributed by atoms with Gasteiger partial charge in [-0.1, -0.05) is 6.07 Å². The average molecular weight is 187 g/mol. The maximum Gasteiger partial charge on any atom is 0.126 e. The molecule has 0 aliphatic carbocycles. The van der Waals surface area contributed by atoms with E-state index >= 15 is 0 Å². The third-order valence-corrected chi connectivity index (χ3v) is 2.27. The molecule has 0 unspecified atom stereocenters. The molecule has 2 aromatic rings. The molecule has 0 spiro atoms. The lowest BCUT2D eigenvalue weighted by molar-refractivity contribution is 1.31. The Morgan fingerprint density at radius 2 is 1.86 bits per heavy atom. The number of benzene rings is 1. The minimum absolute atomic E-state index is 0.894. The first kappa shape index (κ1) is 8.81. The van der Waals surface area contributed by atoms with Crippen molar-refractivity contribution < 1.29 is 0 Å². The maximum atomic E-state index is 4.25. The smallest absolute Gasteiger partial charge is 0.126 e. The van der Waals surface area contributed by atoms with E-state index in [4.69, 9.17) is 0 Å². The number of rotatable bonds is 2. The molecule has 0 fully saturated rings. The first-order valence-corrected chi connectivity index (χ1v) is 4.59. The lowest BCUT2D eigenvalue weighted by atomic mass is 10.1. The third-order valence-electron chi connectivity index (χ3n) is 2.27. The van der Waals surface area contributed by atoms with Gasteiger partial charge in [0, 0.05) is 31.4 Å². The molecule has 1 heterocycles. The molecule has 0 aliphatic rings. The van der Waals surface area contributed by atoms with Crippen LogP contribution in [-0.4, -0.2) is 19.1 Å². The van der Waals surface area contributed by atoms with Gasteiger partial charge < -0.3 is 10.6 Å². The van der Waals surface area contributed by atoms with Gasteiger partial charge in [-0.25, -0.2) is 4.98 Å². The fourth-order valence-corrected chi connectivity index (χ4v) is 1.43. The molecular formula is C11H13N3. The van der Waals surface area contributed by atoms with Crippen molar-refractivity contribution in [3.05, 3.63) is 30.5 Å². The van der Waals surface area contributed by atoms with Crippen LogP contribution in [0.2, 0.25) is 0 Å². The van der Waals surface area contributed by atoms with Crippen LogP contribution in [0.3, 0.4) is 0 Å². The molecule has 72 valence electrons. The molecule has 0 saturated carbocycles. The Balaban J connectivity index is 2.60. The zero-order valence-electron chi connectivity index (χ0n) is 8.33. The van der Waals surface area contributed by atoms with E-state index in [2.05, 4.69) is 27.8 Å². The normalized spacial score (nSPS) is 10.1. The van der Waals surface area contributed by atoms with Crippen molar-refractivity contribution in [3.8, 4) is 0 Å². The lowest BCUT2D eigenvalue weighted by Crippen LogP contribution is -1.92. The molecule has 1 aromatic carbocycles. The summed E-state index contributed by atoms with van der Waals surface area (Å²) in [5.41, 5.74) is 1.12. The summed E-state index contributed by atoms with van der Waals surface area (Å²) >= 11 is 0. The second kappa shape index (κ2) is 3.54. The zero-order chi connectivity index (χ0) is 9.97. The Bertz CT molecular complexity index is 412. The van der Waals surface area contributed by atoms with Crippen LogP contribution in [0.5, 0.6) is 0 Å². The second-order valence-corrected chi connectivity index (χ2v) is 3.13. The van der Waals surface area contributed by atoms with E-state index in [1.807, 2.05) is 32.4 Å². The number of aromatic nitrogens is 1. The first-order chi connectivity index (χ1) is 6.83. The molecule has 2 rings (SSSR count). The van der Waals surface area contributed by atoms with Gasteiger partial charge >= 0.3 is 0 Å². The molecular weight excluding hydrogens is 174 g/mol. The van der Waals surface area contributed by atoms with E-state index in [9.17, 15) is 0 Å². The molecule has 0 bridgehead atoms. The van der Waals surface area contributed by atoms with Gasteiger partial charge in [-0.15, -0.1) is 0 Å². The minimum atomic E-state index is 0.894. The maximum absolute atomic E-state index is 4.25. The highest BCUT2D eigenvalue weighted by Crippen LogP contribution is 2.20. The van der Waals surface area contributed by atoms with Crippen LogP contribution in [0.4, 0.5) is 11.5 Å². The SMILES string of the molecule is CNc1ccc2cnc(NC)cc2c1. The van der Waals surface area contributed by atoms with Gasteiger partial charge in [0.2, 0.25) is 0 Å². The highest BCUT2D eigenvalue weighted by atomic mass is 14.9. The van der Waals surface area contributed by atoms with Gasteiger partial charge in [0.25, 0.3) is 0 Å². The molecule has 14 heavy (non-hydrogen) atoms. The summed E-state index contributed by atoms with van der Waals surface area (Å²) in [5, 5.41) is 8.49. The van der Waals surface area contributed by atoms with Crippen LogP contribution in [0.15, 0.2) is 30.5 Å². The number of pyridine rings is 1. The molecule has 3 heteroatoms. The Kier molecular flexibility index (Phi) is 2.23. The van der Waals surface area contributed by atoms with E-state index in [1.165, 1.54) is 5.39 Å². The standard InChI is InChI=1S/C11H13N3/c1-12-10-4-3-8-7-14-11(13-2)6-9(8)5-10/h3-7,12H,1-2H3,(H,13,14). The predicted molar refractivity (Wildman–Crippen MR) is 60.8 cm³/mol. The molecule has 0 atom stereocenters. The van der Waals surface area contributed by atoms with E-state index in [0.717, 1.165) is 16.9 Å². The third kappa shape index (κ3) is 1.48. The Labute approximate surface area is 83.2 Å². The zero-order valence-corrected chi connectivity index (χ0v) is 8.33. The largest absolute Gasteiger partial charge is 0.388 e. The topological polar surface area (TPSA) is 37.0 Å². The number of fused-ring (bicyclic) bond motifs is 1. The van der Waals surface area contributed by atoms with Gasteiger partial charge in [0.05, 0.1) is 0 Å². The molecule has 1 aromatic heterocycles. The van der Waals surface area contributed by atoms with Crippen LogP contribution in [0, 0.1) is 0 Å². The van der Waals surface area contributed by atoms with Crippen molar-refractivity contribution in [3.63, 3.8) is 0 Å². The van der Waals surface area contributed by atoms with E-state index in [1.54, 1.807) is 0 Å². The number of hydrogen-bond acceptors (Lipinski definition) is 3. The molecule has 3 nitrogen and oxygen atoms in total. The summed E-state index contributed by atoms with van der Waals surface area (Å²) in [6.45, 7) is 0. The van der Waals surface area contributed by atoms with E-state index in [0.29, 0.717) is 0 Å². The number of hydrogen-bond donors (Lipinski definition) is 2. The van der Waals surface area contributed by atoms with Crippen molar-refractivity contribution in [2.45, 2.75) is 0 Å². The molecule has 2 N–H and O–H groups in total. The highest BCUT2D eigenvalue weighted by Gasteiger charge is 1.97. The van der Waals surface area contributed by atoms with E-state index < -0.39 is 0 Å². The molecule has 0 aliphatic heterocycles. The van der Waals surface area contributed by atoms with Crippen molar-refractivity contribution in [2.75, 3.05) is 24.7 Å².